The number of piperidine rings is 1. The average molecular weight is 482 g/mol. The highest BCUT2D eigenvalue weighted by Gasteiger charge is 2.19. The van der Waals surface area contributed by atoms with E-state index in [1.54, 1.807) is 6.07 Å². The largest absolute Gasteiger partial charge is 0.486 e. The lowest BCUT2D eigenvalue weighted by Crippen LogP contribution is -2.38. The first-order valence-electron chi connectivity index (χ1n) is 12.4. The van der Waals surface area contributed by atoms with Gasteiger partial charge in [-0.1, -0.05) is 12.8 Å². The number of sulfonamides is 1. The van der Waals surface area contributed by atoms with Gasteiger partial charge in [0.25, 0.3) is 0 Å². The molecule has 2 aliphatic heterocycles. The summed E-state index contributed by atoms with van der Waals surface area (Å²) >= 11 is 0. The van der Waals surface area contributed by atoms with Crippen molar-refractivity contribution in [2.75, 3.05) is 39.4 Å². The number of rotatable bonds is 13. The number of unbranched alkanes of at least 4 members (excludes halogenated alkanes) is 3. The minimum absolute atomic E-state index is 0.0817. The number of benzene rings is 1. The summed E-state index contributed by atoms with van der Waals surface area (Å²) in [6.07, 6.45) is 8.80. The Morgan fingerprint density at radius 2 is 1.82 bits per heavy atom. The number of hydrogen-bond acceptors (Lipinski definition) is 6. The Bertz CT molecular complexity index is 862. The standard InChI is InChI=1S/C24H39N3O5S/c1-20-9-4-7-15-27(20)16-8-6-13-25-24(28)10-3-2-5-14-26-33(29,30)21-11-12-22-23(19-21)32-18-17-31-22/h11-12,19-20,26H,2-10,13-18H2,1H3,(H,25,28). The molecule has 0 aromatic heterocycles. The van der Waals surface area contributed by atoms with Crippen LogP contribution in [0.2, 0.25) is 0 Å². The second-order valence-electron chi connectivity index (χ2n) is 8.95. The van der Waals surface area contributed by atoms with Crippen LogP contribution in [0.5, 0.6) is 11.5 Å². The highest BCUT2D eigenvalue weighted by atomic mass is 32.2. The molecule has 0 spiro atoms. The molecule has 0 bridgehead atoms. The van der Waals surface area contributed by atoms with Crippen molar-refractivity contribution in [2.45, 2.75) is 75.6 Å². The minimum atomic E-state index is -3.59. The van der Waals surface area contributed by atoms with Crippen molar-refractivity contribution in [1.29, 1.82) is 0 Å². The number of nitrogens with zero attached hydrogens (tertiary/aromatic N) is 1. The van der Waals surface area contributed by atoms with Crippen LogP contribution < -0.4 is 19.5 Å². The maximum absolute atomic E-state index is 12.5. The highest BCUT2D eigenvalue weighted by molar-refractivity contribution is 7.89. The number of hydrogen-bond donors (Lipinski definition) is 2. The fourth-order valence-corrected chi connectivity index (χ4v) is 5.40. The molecule has 1 aromatic carbocycles. The summed E-state index contributed by atoms with van der Waals surface area (Å²) in [5.41, 5.74) is 0. The Morgan fingerprint density at radius 1 is 1.03 bits per heavy atom. The highest BCUT2D eigenvalue weighted by Crippen LogP contribution is 2.32. The van der Waals surface area contributed by atoms with Crippen LogP contribution in [0.25, 0.3) is 0 Å². The van der Waals surface area contributed by atoms with Crippen molar-refractivity contribution in [3.63, 3.8) is 0 Å². The first-order chi connectivity index (χ1) is 16.0. The normalized spacial score (nSPS) is 18.8. The van der Waals surface area contributed by atoms with Crippen LogP contribution in [0.1, 0.15) is 64.7 Å². The number of nitrogens with one attached hydrogen (secondary N) is 2. The lowest BCUT2D eigenvalue weighted by molar-refractivity contribution is -0.121. The predicted molar refractivity (Wildman–Crippen MR) is 128 cm³/mol. The third-order valence-corrected chi connectivity index (χ3v) is 7.79. The van der Waals surface area contributed by atoms with Crippen molar-refractivity contribution < 1.29 is 22.7 Å². The SMILES string of the molecule is CC1CCCCN1CCCCNC(=O)CCCCCNS(=O)(=O)c1ccc2c(c1)OCCO2. The molecule has 1 amide bonds. The maximum atomic E-state index is 12.5. The summed E-state index contributed by atoms with van der Waals surface area (Å²) < 4.78 is 38.5. The molecule has 0 aliphatic carbocycles. The second kappa shape index (κ2) is 13.2. The summed E-state index contributed by atoms with van der Waals surface area (Å²) in [6.45, 7) is 6.59. The van der Waals surface area contributed by atoms with E-state index in [1.807, 2.05) is 0 Å². The number of likely N-dealkylation sites (tertiary alicyclic amines) is 1. The molecule has 8 nitrogen and oxygen atoms in total. The van der Waals surface area contributed by atoms with Crippen molar-refractivity contribution >= 4 is 15.9 Å². The van der Waals surface area contributed by atoms with Gasteiger partial charge in [0, 0.05) is 31.6 Å². The zero-order valence-corrected chi connectivity index (χ0v) is 20.6. The van der Waals surface area contributed by atoms with E-state index < -0.39 is 10.0 Å². The van der Waals surface area contributed by atoms with Crippen LogP contribution in [-0.4, -0.2) is 64.7 Å². The number of ether oxygens (including phenoxy) is 2. The summed E-state index contributed by atoms with van der Waals surface area (Å²) in [6, 6.07) is 5.33. The van der Waals surface area contributed by atoms with Gasteiger partial charge in [-0.3, -0.25) is 4.79 Å². The van der Waals surface area contributed by atoms with Gasteiger partial charge in [-0.15, -0.1) is 0 Å². The quantitative estimate of drug-likeness (QED) is 0.420. The van der Waals surface area contributed by atoms with Gasteiger partial charge in [0.15, 0.2) is 11.5 Å². The molecular formula is C24H39N3O5S. The number of amides is 1. The summed E-state index contributed by atoms with van der Waals surface area (Å²) in [4.78, 5) is 14.7. The molecule has 1 aromatic rings. The van der Waals surface area contributed by atoms with Crippen molar-refractivity contribution in [1.82, 2.24) is 14.9 Å². The Morgan fingerprint density at radius 3 is 2.64 bits per heavy atom. The van der Waals surface area contributed by atoms with Gasteiger partial charge in [0.05, 0.1) is 4.90 Å². The van der Waals surface area contributed by atoms with Crippen LogP contribution in [-0.2, 0) is 14.8 Å². The summed E-state index contributed by atoms with van der Waals surface area (Å²) in [7, 11) is -3.59. The third kappa shape index (κ3) is 8.46. The number of carbonyl (C=O) groups excluding carboxylic acids is 1. The summed E-state index contributed by atoms with van der Waals surface area (Å²) in [5, 5.41) is 3.00. The van der Waals surface area contributed by atoms with E-state index in [4.69, 9.17) is 9.47 Å². The van der Waals surface area contributed by atoms with E-state index >= 15 is 0 Å². The molecule has 0 saturated carbocycles. The lowest BCUT2D eigenvalue weighted by Gasteiger charge is -2.33. The van der Waals surface area contributed by atoms with E-state index in [0.717, 1.165) is 38.8 Å². The van der Waals surface area contributed by atoms with E-state index in [9.17, 15) is 13.2 Å². The van der Waals surface area contributed by atoms with Gasteiger partial charge in [0.1, 0.15) is 13.2 Å². The van der Waals surface area contributed by atoms with Crippen molar-refractivity contribution in [2.24, 2.45) is 0 Å². The third-order valence-electron chi connectivity index (χ3n) is 6.33. The van der Waals surface area contributed by atoms with Gasteiger partial charge < -0.3 is 19.7 Å². The fourth-order valence-electron chi connectivity index (χ4n) is 4.31. The first-order valence-corrected chi connectivity index (χ1v) is 13.8. The Hall–Kier alpha value is -1.84. The lowest BCUT2D eigenvalue weighted by atomic mass is 10.0. The van der Waals surface area contributed by atoms with E-state index in [0.29, 0.717) is 50.1 Å². The molecule has 0 radical (unpaired) electrons. The minimum Gasteiger partial charge on any atom is -0.486 e. The fraction of sp³-hybridized carbons (Fsp3) is 0.708. The molecule has 33 heavy (non-hydrogen) atoms. The summed E-state index contributed by atoms with van der Waals surface area (Å²) in [5.74, 6) is 1.10. The molecule has 3 rings (SSSR count). The Kier molecular flexibility index (Phi) is 10.3. The zero-order chi connectivity index (χ0) is 23.5. The van der Waals surface area contributed by atoms with E-state index in [-0.39, 0.29) is 10.8 Å². The molecule has 2 aliphatic rings. The topological polar surface area (TPSA) is 97.0 Å². The smallest absolute Gasteiger partial charge is 0.240 e. The van der Waals surface area contributed by atoms with Gasteiger partial charge in [-0.05, 0) is 70.7 Å². The molecule has 2 N–H and O–H groups in total. The Labute approximate surface area is 198 Å². The average Bonchev–Trinajstić information content (AvgIpc) is 2.82. The molecule has 1 saturated heterocycles. The van der Waals surface area contributed by atoms with Gasteiger partial charge in [0.2, 0.25) is 15.9 Å². The van der Waals surface area contributed by atoms with Crippen LogP contribution in [0.15, 0.2) is 23.1 Å². The maximum Gasteiger partial charge on any atom is 0.240 e. The first kappa shape index (κ1) is 25.8. The molecule has 186 valence electrons. The molecular weight excluding hydrogens is 442 g/mol. The van der Waals surface area contributed by atoms with Crippen LogP contribution in [0, 0.1) is 0 Å². The zero-order valence-electron chi connectivity index (χ0n) is 19.8. The van der Waals surface area contributed by atoms with Gasteiger partial charge in [-0.25, -0.2) is 13.1 Å². The molecule has 1 atom stereocenters. The Balaban J connectivity index is 1.21. The van der Waals surface area contributed by atoms with Crippen molar-refractivity contribution in [3.8, 4) is 11.5 Å². The molecule has 1 unspecified atom stereocenters. The van der Waals surface area contributed by atoms with Crippen LogP contribution >= 0.6 is 0 Å². The second-order valence-corrected chi connectivity index (χ2v) is 10.7. The number of fused-ring (bicyclic) bond motifs is 1. The van der Waals surface area contributed by atoms with Gasteiger partial charge in [-0.2, -0.15) is 0 Å². The van der Waals surface area contributed by atoms with Crippen LogP contribution in [0.4, 0.5) is 0 Å². The molecule has 1 fully saturated rings. The van der Waals surface area contributed by atoms with Crippen LogP contribution in [0.3, 0.4) is 0 Å². The molecule has 9 heteroatoms. The van der Waals surface area contributed by atoms with E-state index in [1.165, 1.54) is 37.9 Å². The predicted octanol–water partition coefficient (Wildman–Crippen LogP) is 3.07. The van der Waals surface area contributed by atoms with Gasteiger partial charge >= 0.3 is 0 Å². The monoisotopic (exact) mass is 481 g/mol. The molecule has 2 heterocycles. The van der Waals surface area contributed by atoms with E-state index in [2.05, 4.69) is 21.9 Å². The number of carbonyl (C=O) groups is 1. The van der Waals surface area contributed by atoms with Crippen molar-refractivity contribution in [3.05, 3.63) is 18.2 Å².